The lowest BCUT2D eigenvalue weighted by atomic mass is 9.86. The van der Waals surface area contributed by atoms with Crippen LogP contribution in [0.5, 0.6) is 0 Å². The highest BCUT2D eigenvalue weighted by atomic mass is 32.2. The van der Waals surface area contributed by atoms with Gasteiger partial charge in [-0.1, -0.05) is 62.7 Å². The summed E-state index contributed by atoms with van der Waals surface area (Å²) in [6, 6.07) is 16.6. The maximum absolute atomic E-state index is 12.9. The molecule has 2 nitrogen and oxygen atoms in total. The van der Waals surface area contributed by atoms with E-state index in [4.69, 9.17) is 0 Å². The summed E-state index contributed by atoms with van der Waals surface area (Å²) in [7, 11) is 0. The molecule has 0 spiro atoms. The average Bonchev–Trinajstić information content (AvgIpc) is 3.04. The quantitative estimate of drug-likeness (QED) is 0.751. The molecule has 0 saturated carbocycles. The Morgan fingerprint density at radius 1 is 1.04 bits per heavy atom. The monoisotopic (exact) mass is 339 g/mol. The highest BCUT2D eigenvalue weighted by Crippen LogP contribution is 2.39. The molecule has 0 aliphatic carbocycles. The zero-order chi connectivity index (χ0) is 17.3. The van der Waals surface area contributed by atoms with Crippen molar-refractivity contribution in [3.63, 3.8) is 0 Å². The second-order valence-electron chi connectivity index (χ2n) is 7.46. The van der Waals surface area contributed by atoms with Crippen LogP contribution in [0.4, 0.5) is 0 Å². The summed E-state index contributed by atoms with van der Waals surface area (Å²) in [6.45, 7) is 9.52. The number of hydrogen-bond donors (Lipinski definition) is 0. The van der Waals surface area contributed by atoms with E-state index in [2.05, 4.69) is 45.0 Å². The second kappa shape index (κ2) is 6.64. The highest BCUT2D eigenvalue weighted by Gasteiger charge is 2.31. The Morgan fingerprint density at radius 2 is 1.67 bits per heavy atom. The fraction of sp³-hybridized carbons (Fsp3) is 0.381. The number of carbonyl (C=O) groups is 1. The zero-order valence-corrected chi connectivity index (χ0v) is 15.7. The normalized spacial score (nSPS) is 18.0. The zero-order valence-electron chi connectivity index (χ0n) is 14.9. The molecule has 1 fully saturated rings. The lowest BCUT2D eigenvalue weighted by molar-refractivity contribution is 0.0760. The van der Waals surface area contributed by atoms with Crippen LogP contribution in [0.1, 0.15) is 53.2 Å². The third-order valence-corrected chi connectivity index (χ3v) is 5.77. The molecule has 1 saturated heterocycles. The van der Waals surface area contributed by atoms with Crippen molar-refractivity contribution in [2.24, 2.45) is 0 Å². The van der Waals surface area contributed by atoms with Gasteiger partial charge in [0.25, 0.3) is 5.91 Å². The van der Waals surface area contributed by atoms with Crippen molar-refractivity contribution >= 4 is 17.7 Å². The summed E-state index contributed by atoms with van der Waals surface area (Å²) in [6.07, 6.45) is 0. The van der Waals surface area contributed by atoms with Gasteiger partial charge in [0.05, 0.1) is 0 Å². The van der Waals surface area contributed by atoms with Crippen LogP contribution < -0.4 is 0 Å². The van der Waals surface area contributed by atoms with Gasteiger partial charge in [-0.05, 0) is 35.6 Å². The van der Waals surface area contributed by atoms with Crippen molar-refractivity contribution in [2.45, 2.75) is 38.5 Å². The minimum absolute atomic E-state index is 0.118. The molecule has 2 aromatic rings. The largest absolute Gasteiger partial charge is 0.322 e. The number of aryl methyl sites for hydroxylation is 1. The summed E-state index contributed by atoms with van der Waals surface area (Å²) in [5.74, 6) is 1.12. The van der Waals surface area contributed by atoms with Gasteiger partial charge in [0.1, 0.15) is 5.37 Å². The minimum atomic E-state index is 0.118. The average molecular weight is 340 g/mol. The van der Waals surface area contributed by atoms with Gasteiger partial charge in [0.15, 0.2) is 0 Å². The number of nitrogens with zero attached hydrogens (tertiary/aromatic N) is 1. The molecule has 1 unspecified atom stereocenters. The maximum atomic E-state index is 12.9. The standard InChI is InChI=1S/C21H25NOS/c1-15-5-7-16(8-6-15)19(23)22-13-14-24-20(22)17-9-11-18(12-10-17)21(2,3)4/h5-12,20H,13-14H2,1-4H3. The van der Waals surface area contributed by atoms with Crippen molar-refractivity contribution in [3.05, 3.63) is 70.8 Å². The third-order valence-electron chi connectivity index (χ3n) is 4.51. The van der Waals surface area contributed by atoms with Gasteiger partial charge in [-0.3, -0.25) is 4.79 Å². The lowest BCUT2D eigenvalue weighted by Crippen LogP contribution is -2.30. The molecule has 24 heavy (non-hydrogen) atoms. The Bertz CT molecular complexity index is 713. The second-order valence-corrected chi connectivity index (χ2v) is 8.65. The number of amides is 1. The molecule has 1 heterocycles. The third kappa shape index (κ3) is 3.51. The predicted molar refractivity (Wildman–Crippen MR) is 103 cm³/mol. The first-order valence-electron chi connectivity index (χ1n) is 8.46. The van der Waals surface area contributed by atoms with Crippen molar-refractivity contribution in [1.82, 2.24) is 4.90 Å². The van der Waals surface area contributed by atoms with E-state index in [0.717, 1.165) is 17.9 Å². The molecule has 126 valence electrons. The van der Waals surface area contributed by atoms with E-state index in [0.29, 0.717) is 0 Å². The Labute approximate surface area is 149 Å². The summed E-state index contributed by atoms with van der Waals surface area (Å²) < 4.78 is 0. The fourth-order valence-corrected chi connectivity index (χ4v) is 4.22. The lowest BCUT2D eigenvalue weighted by Gasteiger charge is -2.25. The highest BCUT2D eigenvalue weighted by molar-refractivity contribution is 7.99. The van der Waals surface area contributed by atoms with Crippen molar-refractivity contribution in [1.29, 1.82) is 0 Å². The van der Waals surface area contributed by atoms with Crippen LogP contribution in [0.15, 0.2) is 48.5 Å². The van der Waals surface area contributed by atoms with Crippen LogP contribution in [-0.2, 0) is 5.41 Å². The first-order chi connectivity index (χ1) is 11.4. The Morgan fingerprint density at radius 3 is 2.25 bits per heavy atom. The first-order valence-corrected chi connectivity index (χ1v) is 9.51. The molecule has 0 N–H and O–H groups in total. The fourth-order valence-electron chi connectivity index (χ4n) is 2.96. The molecule has 3 rings (SSSR count). The van der Waals surface area contributed by atoms with Gasteiger partial charge < -0.3 is 4.90 Å². The number of hydrogen-bond acceptors (Lipinski definition) is 2. The van der Waals surface area contributed by atoms with Gasteiger partial charge in [-0.15, -0.1) is 11.8 Å². The van der Waals surface area contributed by atoms with Gasteiger partial charge >= 0.3 is 0 Å². The van der Waals surface area contributed by atoms with E-state index in [1.54, 1.807) is 0 Å². The Hall–Kier alpha value is -1.74. The number of rotatable bonds is 2. The predicted octanol–water partition coefficient (Wildman–Crippen LogP) is 5.18. The number of thioether (sulfide) groups is 1. The van der Waals surface area contributed by atoms with Crippen LogP contribution in [0.2, 0.25) is 0 Å². The summed E-state index contributed by atoms with van der Waals surface area (Å²) in [5, 5.41) is 0.118. The minimum Gasteiger partial charge on any atom is -0.322 e. The van der Waals surface area contributed by atoms with Gasteiger partial charge in [0, 0.05) is 17.9 Å². The summed E-state index contributed by atoms with van der Waals surface area (Å²) in [5.41, 5.74) is 4.64. The van der Waals surface area contributed by atoms with Gasteiger partial charge in [-0.25, -0.2) is 0 Å². The Kier molecular flexibility index (Phi) is 4.73. The van der Waals surface area contributed by atoms with E-state index in [9.17, 15) is 4.79 Å². The molecule has 1 aliphatic heterocycles. The van der Waals surface area contributed by atoms with Crippen LogP contribution in [0.25, 0.3) is 0 Å². The van der Waals surface area contributed by atoms with Crippen molar-refractivity contribution < 1.29 is 4.79 Å². The maximum Gasteiger partial charge on any atom is 0.255 e. The SMILES string of the molecule is Cc1ccc(C(=O)N2CCSC2c2ccc(C(C)(C)C)cc2)cc1. The number of carbonyl (C=O) groups excluding carboxylic acids is 1. The molecular weight excluding hydrogens is 314 g/mol. The molecule has 0 radical (unpaired) electrons. The smallest absolute Gasteiger partial charge is 0.255 e. The van der Waals surface area contributed by atoms with E-state index < -0.39 is 0 Å². The molecule has 1 atom stereocenters. The summed E-state index contributed by atoms with van der Waals surface area (Å²) >= 11 is 1.85. The molecule has 1 aliphatic rings. The first kappa shape index (κ1) is 17.1. The van der Waals surface area contributed by atoms with Crippen LogP contribution in [0.3, 0.4) is 0 Å². The van der Waals surface area contributed by atoms with E-state index in [1.807, 2.05) is 47.9 Å². The van der Waals surface area contributed by atoms with E-state index in [1.165, 1.54) is 16.7 Å². The molecule has 2 aromatic carbocycles. The van der Waals surface area contributed by atoms with Crippen LogP contribution in [0, 0.1) is 6.92 Å². The van der Waals surface area contributed by atoms with Crippen molar-refractivity contribution in [2.75, 3.05) is 12.3 Å². The molecule has 3 heteroatoms. The van der Waals surface area contributed by atoms with Crippen LogP contribution in [-0.4, -0.2) is 23.1 Å². The van der Waals surface area contributed by atoms with Gasteiger partial charge in [0.2, 0.25) is 0 Å². The number of benzene rings is 2. The molecule has 0 bridgehead atoms. The molecule has 1 amide bonds. The van der Waals surface area contributed by atoms with Gasteiger partial charge in [-0.2, -0.15) is 0 Å². The topological polar surface area (TPSA) is 20.3 Å². The molecular formula is C21H25NOS. The van der Waals surface area contributed by atoms with E-state index in [-0.39, 0.29) is 16.7 Å². The molecule has 0 aromatic heterocycles. The van der Waals surface area contributed by atoms with Crippen LogP contribution >= 0.6 is 11.8 Å². The van der Waals surface area contributed by atoms with Crippen molar-refractivity contribution in [3.8, 4) is 0 Å². The Balaban J connectivity index is 1.82. The summed E-state index contributed by atoms with van der Waals surface area (Å²) in [4.78, 5) is 14.9. The van der Waals surface area contributed by atoms with E-state index >= 15 is 0 Å².